The predicted octanol–water partition coefficient (Wildman–Crippen LogP) is 3.61. The summed E-state index contributed by atoms with van der Waals surface area (Å²) in [5.41, 5.74) is 1.13. The average molecular weight is 338 g/mol. The number of furan rings is 1. The maximum absolute atomic E-state index is 11.8. The molecule has 20 heavy (non-hydrogen) atoms. The third-order valence-corrected chi connectivity index (χ3v) is 3.41. The summed E-state index contributed by atoms with van der Waals surface area (Å²) in [5.74, 6) is 1.17. The van der Waals surface area contributed by atoms with Crippen LogP contribution in [-0.4, -0.2) is 12.5 Å². The molecule has 2 aromatic rings. The molecule has 5 heteroatoms. The predicted molar refractivity (Wildman–Crippen MR) is 79.6 cm³/mol. The molecule has 1 amide bonds. The van der Waals surface area contributed by atoms with Crippen molar-refractivity contribution in [3.8, 4) is 5.75 Å². The van der Waals surface area contributed by atoms with Crippen molar-refractivity contribution in [1.29, 1.82) is 0 Å². The van der Waals surface area contributed by atoms with E-state index in [2.05, 4.69) is 21.2 Å². The first-order chi connectivity index (χ1) is 9.56. The number of hydrogen-bond acceptors (Lipinski definition) is 3. The van der Waals surface area contributed by atoms with E-state index in [-0.39, 0.29) is 18.6 Å². The quantitative estimate of drug-likeness (QED) is 0.906. The topological polar surface area (TPSA) is 51.5 Å². The Morgan fingerprint density at radius 3 is 2.90 bits per heavy atom. The number of benzene rings is 1. The molecule has 0 aliphatic carbocycles. The van der Waals surface area contributed by atoms with Gasteiger partial charge in [0.05, 0.1) is 16.8 Å². The molecule has 0 saturated carbocycles. The number of ether oxygens (including phenoxy) is 1. The number of carbonyl (C=O) groups excluding carboxylic acids is 1. The zero-order chi connectivity index (χ0) is 14.5. The highest BCUT2D eigenvalue weighted by atomic mass is 79.9. The molecule has 0 aliphatic rings. The van der Waals surface area contributed by atoms with Crippen molar-refractivity contribution in [3.63, 3.8) is 0 Å². The Morgan fingerprint density at radius 1 is 1.45 bits per heavy atom. The summed E-state index contributed by atoms with van der Waals surface area (Å²) < 4.78 is 11.5. The smallest absolute Gasteiger partial charge is 0.258 e. The number of amides is 1. The van der Waals surface area contributed by atoms with Crippen molar-refractivity contribution < 1.29 is 13.9 Å². The molecule has 1 aromatic heterocycles. The second-order valence-corrected chi connectivity index (χ2v) is 5.38. The van der Waals surface area contributed by atoms with Crippen LogP contribution in [0.5, 0.6) is 5.75 Å². The maximum atomic E-state index is 11.8. The minimum Gasteiger partial charge on any atom is -0.483 e. The van der Waals surface area contributed by atoms with Crippen LogP contribution < -0.4 is 10.1 Å². The van der Waals surface area contributed by atoms with Crippen LogP contribution in [0.2, 0.25) is 0 Å². The molecule has 0 saturated heterocycles. The fraction of sp³-hybridized carbons (Fsp3) is 0.267. The minimum absolute atomic E-state index is 0.0350. The monoisotopic (exact) mass is 337 g/mol. The Kier molecular flexibility index (Phi) is 4.84. The fourth-order valence-corrected chi connectivity index (χ4v) is 2.37. The highest BCUT2D eigenvalue weighted by Crippen LogP contribution is 2.25. The molecule has 0 aliphatic heterocycles. The Hall–Kier alpha value is -1.75. The van der Waals surface area contributed by atoms with Gasteiger partial charge >= 0.3 is 0 Å². The molecule has 0 fully saturated rings. The number of aryl methyl sites for hydroxylation is 1. The summed E-state index contributed by atoms with van der Waals surface area (Å²) in [6, 6.07) is 9.15. The third-order valence-electron chi connectivity index (χ3n) is 2.79. The zero-order valence-corrected chi connectivity index (χ0v) is 12.9. The summed E-state index contributed by atoms with van der Waals surface area (Å²) in [4.78, 5) is 11.8. The van der Waals surface area contributed by atoms with Gasteiger partial charge in [-0.25, -0.2) is 0 Å². The first-order valence-corrected chi connectivity index (χ1v) is 7.07. The molecule has 0 spiro atoms. The van der Waals surface area contributed by atoms with Gasteiger partial charge in [0, 0.05) is 0 Å². The molecule has 1 aromatic carbocycles. The SMILES string of the molecule is Cc1ccc(OCC(=O)NC(C)c2ccco2)c(Br)c1. The first-order valence-electron chi connectivity index (χ1n) is 6.28. The van der Waals surface area contributed by atoms with E-state index in [0.717, 1.165) is 15.8 Å². The summed E-state index contributed by atoms with van der Waals surface area (Å²) in [6.07, 6.45) is 1.58. The first kappa shape index (κ1) is 14.7. The molecule has 0 radical (unpaired) electrons. The minimum atomic E-state index is -0.193. The van der Waals surface area contributed by atoms with Gasteiger partial charge in [-0.05, 0) is 59.6 Å². The maximum Gasteiger partial charge on any atom is 0.258 e. The summed E-state index contributed by atoms with van der Waals surface area (Å²) in [7, 11) is 0. The highest BCUT2D eigenvalue weighted by Gasteiger charge is 2.12. The molecule has 2 rings (SSSR count). The van der Waals surface area contributed by atoms with Crippen LogP contribution in [0, 0.1) is 6.92 Å². The van der Waals surface area contributed by atoms with E-state index >= 15 is 0 Å². The second-order valence-electron chi connectivity index (χ2n) is 4.53. The van der Waals surface area contributed by atoms with E-state index < -0.39 is 0 Å². The molecular formula is C15H16BrNO3. The lowest BCUT2D eigenvalue weighted by Gasteiger charge is -2.13. The molecule has 1 atom stereocenters. The van der Waals surface area contributed by atoms with Crippen LogP contribution in [0.4, 0.5) is 0 Å². The van der Waals surface area contributed by atoms with Gasteiger partial charge in [-0.2, -0.15) is 0 Å². The number of nitrogens with one attached hydrogen (secondary N) is 1. The van der Waals surface area contributed by atoms with Crippen molar-refractivity contribution in [3.05, 3.63) is 52.4 Å². The molecule has 4 nitrogen and oxygen atoms in total. The van der Waals surface area contributed by atoms with Crippen LogP contribution in [0.25, 0.3) is 0 Å². The Morgan fingerprint density at radius 2 is 2.25 bits per heavy atom. The average Bonchev–Trinajstić information content (AvgIpc) is 2.91. The lowest BCUT2D eigenvalue weighted by Crippen LogP contribution is -2.31. The molecule has 0 bridgehead atoms. The standard InChI is InChI=1S/C15H16BrNO3/c1-10-5-6-14(12(16)8-10)20-9-15(18)17-11(2)13-4-3-7-19-13/h3-8,11H,9H2,1-2H3,(H,17,18). The molecule has 1 unspecified atom stereocenters. The Balaban J connectivity index is 1.86. The van der Waals surface area contributed by atoms with Crippen LogP contribution in [0.3, 0.4) is 0 Å². The van der Waals surface area contributed by atoms with Gasteiger partial charge in [0.2, 0.25) is 0 Å². The van der Waals surface area contributed by atoms with E-state index in [9.17, 15) is 4.79 Å². The van der Waals surface area contributed by atoms with Crippen molar-refractivity contribution >= 4 is 21.8 Å². The van der Waals surface area contributed by atoms with Crippen molar-refractivity contribution in [2.24, 2.45) is 0 Å². The van der Waals surface area contributed by atoms with Gasteiger partial charge in [-0.15, -0.1) is 0 Å². The van der Waals surface area contributed by atoms with E-state index in [1.54, 1.807) is 12.3 Å². The second kappa shape index (κ2) is 6.61. The van der Waals surface area contributed by atoms with Crippen LogP contribution in [-0.2, 0) is 4.79 Å². The van der Waals surface area contributed by atoms with E-state index in [1.165, 1.54) is 0 Å². The largest absolute Gasteiger partial charge is 0.483 e. The van der Waals surface area contributed by atoms with Gasteiger partial charge in [0.15, 0.2) is 6.61 Å². The van der Waals surface area contributed by atoms with E-state index in [0.29, 0.717) is 5.75 Å². The van der Waals surface area contributed by atoms with Crippen molar-refractivity contribution in [1.82, 2.24) is 5.32 Å². The fourth-order valence-electron chi connectivity index (χ4n) is 1.76. The number of hydrogen-bond donors (Lipinski definition) is 1. The van der Waals surface area contributed by atoms with E-state index in [1.807, 2.05) is 38.1 Å². The number of carbonyl (C=O) groups is 1. The zero-order valence-electron chi connectivity index (χ0n) is 11.4. The lowest BCUT2D eigenvalue weighted by molar-refractivity contribution is -0.123. The molecule has 106 valence electrons. The van der Waals surface area contributed by atoms with Gasteiger partial charge in [-0.1, -0.05) is 6.07 Å². The van der Waals surface area contributed by atoms with Crippen molar-refractivity contribution in [2.75, 3.05) is 6.61 Å². The van der Waals surface area contributed by atoms with Gasteiger partial charge in [0.25, 0.3) is 5.91 Å². The molecular weight excluding hydrogens is 322 g/mol. The third kappa shape index (κ3) is 3.87. The summed E-state index contributed by atoms with van der Waals surface area (Å²) >= 11 is 3.41. The highest BCUT2D eigenvalue weighted by molar-refractivity contribution is 9.10. The summed E-state index contributed by atoms with van der Waals surface area (Å²) in [6.45, 7) is 3.82. The van der Waals surface area contributed by atoms with Crippen LogP contribution in [0.1, 0.15) is 24.3 Å². The number of rotatable bonds is 5. The number of halogens is 1. The van der Waals surface area contributed by atoms with Gasteiger partial charge < -0.3 is 14.5 Å². The van der Waals surface area contributed by atoms with Gasteiger partial charge in [-0.3, -0.25) is 4.79 Å². The van der Waals surface area contributed by atoms with E-state index in [4.69, 9.17) is 9.15 Å². The van der Waals surface area contributed by atoms with Crippen LogP contribution >= 0.6 is 15.9 Å². The molecule has 1 N–H and O–H groups in total. The normalized spacial score (nSPS) is 11.9. The Bertz CT molecular complexity index is 581. The van der Waals surface area contributed by atoms with Crippen LogP contribution in [0.15, 0.2) is 45.5 Å². The van der Waals surface area contributed by atoms with Gasteiger partial charge in [0.1, 0.15) is 11.5 Å². The van der Waals surface area contributed by atoms with Crippen molar-refractivity contribution in [2.45, 2.75) is 19.9 Å². The summed E-state index contributed by atoms with van der Waals surface area (Å²) in [5, 5.41) is 2.81. The molecule has 1 heterocycles. The Labute approximate surface area is 126 Å². The lowest BCUT2D eigenvalue weighted by atomic mass is 10.2.